The van der Waals surface area contributed by atoms with Gasteiger partial charge in [-0.05, 0) is 36.4 Å². The Morgan fingerprint density at radius 3 is 2.42 bits per heavy atom. The first-order valence-electron chi connectivity index (χ1n) is 7.23. The number of ether oxygens (including phenoxy) is 1. The van der Waals surface area contributed by atoms with E-state index in [2.05, 4.69) is 10.6 Å². The summed E-state index contributed by atoms with van der Waals surface area (Å²) in [6.45, 7) is 0.389. The van der Waals surface area contributed by atoms with Gasteiger partial charge >= 0.3 is 6.18 Å². The molecule has 0 aliphatic heterocycles. The maximum Gasteiger partial charge on any atom is 0.416 e. The highest BCUT2D eigenvalue weighted by Crippen LogP contribution is 2.29. The van der Waals surface area contributed by atoms with Crippen molar-refractivity contribution in [1.29, 1.82) is 0 Å². The normalized spacial score (nSPS) is 11.0. The van der Waals surface area contributed by atoms with Crippen LogP contribution in [0.3, 0.4) is 0 Å². The Hall–Kier alpha value is -2.70. The van der Waals surface area contributed by atoms with Crippen LogP contribution in [0.25, 0.3) is 0 Å². The summed E-state index contributed by atoms with van der Waals surface area (Å²) in [5.41, 5.74) is 0.395. The molecule has 0 bridgehead atoms. The van der Waals surface area contributed by atoms with Crippen molar-refractivity contribution in [2.45, 2.75) is 12.6 Å². The Balaban J connectivity index is 1.80. The van der Waals surface area contributed by atoms with Crippen LogP contribution in [-0.4, -0.2) is 19.6 Å². The molecule has 0 saturated heterocycles. The van der Waals surface area contributed by atoms with E-state index in [1.807, 2.05) is 18.2 Å². The number of benzene rings is 2. The molecule has 0 aromatic heterocycles. The van der Waals surface area contributed by atoms with Crippen LogP contribution >= 0.6 is 0 Å². The summed E-state index contributed by atoms with van der Waals surface area (Å²) in [5, 5.41) is 5.63. The highest BCUT2D eigenvalue weighted by Gasteiger charge is 2.29. The fourth-order valence-electron chi connectivity index (χ4n) is 2.02. The Labute approximate surface area is 137 Å². The molecule has 0 radical (unpaired) electrons. The molecule has 0 spiro atoms. The summed E-state index contributed by atoms with van der Waals surface area (Å²) in [6.07, 6.45) is -4.21. The lowest BCUT2D eigenvalue weighted by molar-refractivity contribution is -0.137. The Morgan fingerprint density at radius 2 is 1.79 bits per heavy atom. The van der Waals surface area contributed by atoms with E-state index in [1.165, 1.54) is 12.1 Å². The van der Waals surface area contributed by atoms with Gasteiger partial charge in [0.1, 0.15) is 5.75 Å². The average molecular weight is 338 g/mol. The minimum atomic E-state index is -4.39. The van der Waals surface area contributed by atoms with Gasteiger partial charge in [0.05, 0.1) is 12.7 Å². The number of nitrogens with one attached hydrogen (secondary N) is 2. The topological polar surface area (TPSA) is 50.4 Å². The smallest absolute Gasteiger partial charge is 0.416 e. The molecule has 0 aliphatic rings. The van der Waals surface area contributed by atoms with Crippen molar-refractivity contribution in [3.63, 3.8) is 0 Å². The molecule has 2 rings (SSSR count). The zero-order chi connectivity index (χ0) is 17.6. The summed E-state index contributed by atoms with van der Waals surface area (Å²) in [4.78, 5) is 11.8. The van der Waals surface area contributed by atoms with E-state index in [1.54, 1.807) is 13.2 Å². The lowest BCUT2D eigenvalue weighted by atomic mass is 10.2. The van der Waals surface area contributed by atoms with E-state index >= 15 is 0 Å². The van der Waals surface area contributed by atoms with Crippen molar-refractivity contribution in [1.82, 2.24) is 0 Å². The van der Waals surface area contributed by atoms with E-state index in [0.29, 0.717) is 18.0 Å². The van der Waals surface area contributed by atoms with Crippen molar-refractivity contribution < 1.29 is 22.7 Å². The standard InChI is InChI=1S/C17H17F3N2O2/c1-24-15-4-2-3-14(11-15)21-10-9-16(23)22-13-7-5-12(6-8-13)17(18,19)20/h2-8,11,21H,9-10H2,1H3,(H,22,23). The highest BCUT2D eigenvalue weighted by atomic mass is 19.4. The second kappa shape index (κ2) is 7.72. The van der Waals surface area contributed by atoms with Gasteiger partial charge in [-0.25, -0.2) is 0 Å². The number of halogens is 3. The molecule has 4 nitrogen and oxygen atoms in total. The molecule has 0 saturated carbocycles. The maximum atomic E-state index is 12.5. The predicted octanol–water partition coefficient (Wildman–Crippen LogP) is 4.15. The van der Waals surface area contributed by atoms with Crippen molar-refractivity contribution >= 4 is 17.3 Å². The van der Waals surface area contributed by atoms with Crippen molar-refractivity contribution in [3.05, 3.63) is 54.1 Å². The molecule has 2 aromatic carbocycles. The van der Waals surface area contributed by atoms with Crippen molar-refractivity contribution in [2.75, 3.05) is 24.3 Å². The summed E-state index contributed by atoms with van der Waals surface area (Å²) < 4.78 is 42.5. The fourth-order valence-corrected chi connectivity index (χ4v) is 2.02. The fraction of sp³-hybridized carbons (Fsp3) is 0.235. The molecule has 0 unspecified atom stereocenters. The second-order valence-corrected chi connectivity index (χ2v) is 5.03. The Bertz CT molecular complexity index is 685. The first-order valence-corrected chi connectivity index (χ1v) is 7.23. The van der Waals surface area contributed by atoms with Crippen LogP contribution in [0.15, 0.2) is 48.5 Å². The summed E-state index contributed by atoms with van der Waals surface area (Å²) in [6, 6.07) is 11.6. The lowest BCUT2D eigenvalue weighted by Crippen LogP contribution is -2.16. The van der Waals surface area contributed by atoms with Gasteiger partial charge in [-0.1, -0.05) is 6.07 Å². The van der Waals surface area contributed by atoms with Gasteiger partial charge in [-0.15, -0.1) is 0 Å². The zero-order valence-corrected chi connectivity index (χ0v) is 13.0. The Kier molecular flexibility index (Phi) is 5.68. The summed E-state index contributed by atoms with van der Waals surface area (Å²) >= 11 is 0. The van der Waals surface area contributed by atoms with Gasteiger partial charge in [0.2, 0.25) is 5.91 Å². The minimum Gasteiger partial charge on any atom is -0.497 e. The average Bonchev–Trinajstić information content (AvgIpc) is 2.54. The van der Waals surface area contributed by atoms with E-state index in [-0.39, 0.29) is 12.3 Å². The van der Waals surface area contributed by atoms with Crippen LogP contribution < -0.4 is 15.4 Å². The van der Waals surface area contributed by atoms with Gasteiger partial charge in [0, 0.05) is 30.4 Å². The first kappa shape index (κ1) is 17.7. The molecule has 24 heavy (non-hydrogen) atoms. The van der Waals surface area contributed by atoms with Gasteiger partial charge < -0.3 is 15.4 Å². The molecule has 128 valence electrons. The molecule has 0 aliphatic carbocycles. The van der Waals surface area contributed by atoms with Crippen LogP contribution in [0.4, 0.5) is 24.5 Å². The second-order valence-electron chi connectivity index (χ2n) is 5.03. The van der Waals surface area contributed by atoms with Crippen LogP contribution in [0.2, 0.25) is 0 Å². The number of alkyl halides is 3. The third kappa shape index (κ3) is 5.19. The van der Waals surface area contributed by atoms with Crippen LogP contribution in [0.1, 0.15) is 12.0 Å². The zero-order valence-electron chi connectivity index (χ0n) is 13.0. The third-order valence-electron chi connectivity index (χ3n) is 3.25. The predicted molar refractivity (Wildman–Crippen MR) is 86.2 cm³/mol. The molecule has 7 heteroatoms. The lowest BCUT2D eigenvalue weighted by Gasteiger charge is -2.10. The molecule has 0 fully saturated rings. The van der Waals surface area contributed by atoms with E-state index in [0.717, 1.165) is 17.8 Å². The molecular formula is C17H17F3N2O2. The van der Waals surface area contributed by atoms with Gasteiger partial charge in [0.25, 0.3) is 0 Å². The molecule has 1 amide bonds. The number of anilines is 2. The number of methoxy groups -OCH3 is 1. The SMILES string of the molecule is COc1cccc(NCCC(=O)Nc2ccc(C(F)(F)F)cc2)c1. The number of rotatable bonds is 6. The van der Waals surface area contributed by atoms with Gasteiger partial charge in [-0.3, -0.25) is 4.79 Å². The highest BCUT2D eigenvalue weighted by molar-refractivity contribution is 5.91. The molecule has 0 atom stereocenters. The molecular weight excluding hydrogens is 321 g/mol. The quantitative estimate of drug-likeness (QED) is 0.832. The summed E-state index contributed by atoms with van der Waals surface area (Å²) in [7, 11) is 1.57. The maximum absolute atomic E-state index is 12.5. The third-order valence-corrected chi connectivity index (χ3v) is 3.25. The van der Waals surface area contributed by atoms with Crippen molar-refractivity contribution in [2.24, 2.45) is 0 Å². The molecule has 2 aromatic rings. The Morgan fingerprint density at radius 1 is 1.08 bits per heavy atom. The largest absolute Gasteiger partial charge is 0.497 e. The van der Waals surface area contributed by atoms with Crippen molar-refractivity contribution in [3.8, 4) is 5.75 Å². The number of hydrogen-bond donors (Lipinski definition) is 2. The van der Waals surface area contributed by atoms with E-state index in [4.69, 9.17) is 4.74 Å². The minimum absolute atomic E-state index is 0.179. The first-order chi connectivity index (χ1) is 11.4. The number of carbonyl (C=O) groups is 1. The van der Waals surface area contributed by atoms with Crippen LogP contribution in [0, 0.1) is 0 Å². The molecule has 2 N–H and O–H groups in total. The van der Waals surface area contributed by atoms with E-state index < -0.39 is 11.7 Å². The van der Waals surface area contributed by atoms with Gasteiger partial charge in [0.15, 0.2) is 0 Å². The molecule has 0 heterocycles. The van der Waals surface area contributed by atoms with Gasteiger partial charge in [-0.2, -0.15) is 13.2 Å². The number of carbonyl (C=O) groups excluding carboxylic acids is 1. The van der Waals surface area contributed by atoms with E-state index in [9.17, 15) is 18.0 Å². The number of hydrogen-bond acceptors (Lipinski definition) is 3. The van der Waals surface area contributed by atoms with Crippen LogP contribution in [-0.2, 0) is 11.0 Å². The van der Waals surface area contributed by atoms with Crippen LogP contribution in [0.5, 0.6) is 5.75 Å². The monoisotopic (exact) mass is 338 g/mol. The number of amides is 1. The summed E-state index contributed by atoms with van der Waals surface area (Å²) in [5.74, 6) is 0.416.